The van der Waals surface area contributed by atoms with Gasteiger partial charge in [-0.05, 0) is 42.7 Å². The summed E-state index contributed by atoms with van der Waals surface area (Å²) in [5, 5.41) is 2.96. The number of anilines is 1. The van der Waals surface area contributed by atoms with Gasteiger partial charge in [0.25, 0.3) is 0 Å². The van der Waals surface area contributed by atoms with Crippen molar-refractivity contribution in [3.63, 3.8) is 0 Å². The van der Waals surface area contributed by atoms with Gasteiger partial charge in [0.05, 0.1) is 12.5 Å². The van der Waals surface area contributed by atoms with Crippen molar-refractivity contribution in [3.8, 4) is 5.75 Å². The van der Waals surface area contributed by atoms with Crippen molar-refractivity contribution in [2.75, 3.05) is 24.6 Å². The highest BCUT2D eigenvalue weighted by molar-refractivity contribution is 6.00. The number of hydrogen-bond acceptors (Lipinski definition) is 3. The van der Waals surface area contributed by atoms with E-state index in [1.807, 2.05) is 54.6 Å². The van der Waals surface area contributed by atoms with E-state index in [2.05, 4.69) is 12.2 Å². The van der Waals surface area contributed by atoms with E-state index in [0.717, 1.165) is 24.3 Å². The van der Waals surface area contributed by atoms with Gasteiger partial charge in [0.15, 0.2) is 0 Å². The van der Waals surface area contributed by atoms with Crippen LogP contribution < -0.4 is 15.0 Å². The summed E-state index contributed by atoms with van der Waals surface area (Å²) < 4.78 is 5.57. The van der Waals surface area contributed by atoms with Crippen LogP contribution in [0.5, 0.6) is 5.75 Å². The van der Waals surface area contributed by atoms with E-state index in [4.69, 9.17) is 4.74 Å². The Morgan fingerprint density at radius 3 is 2.59 bits per heavy atom. The Hall–Kier alpha value is -2.82. The summed E-state index contributed by atoms with van der Waals surface area (Å²) >= 11 is 0. The van der Waals surface area contributed by atoms with Crippen molar-refractivity contribution in [1.29, 1.82) is 0 Å². The maximum atomic E-state index is 12.4. The van der Waals surface area contributed by atoms with Crippen LogP contribution in [-0.2, 0) is 16.0 Å². The maximum Gasteiger partial charge on any atom is 0.227 e. The highest BCUT2D eigenvalue weighted by Crippen LogP contribution is 2.27. The van der Waals surface area contributed by atoms with E-state index in [9.17, 15) is 9.59 Å². The van der Waals surface area contributed by atoms with Crippen molar-refractivity contribution in [2.24, 2.45) is 5.92 Å². The van der Waals surface area contributed by atoms with Gasteiger partial charge in [-0.1, -0.05) is 37.3 Å². The molecule has 0 spiro atoms. The summed E-state index contributed by atoms with van der Waals surface area (Å²) in [6, 6.07) is 17.5. The average molecular weight is 366 g/mol. The number of hydrogen-bond donors (Lipinski definition) is 1. The summed E-state index contributed by atoms with van der Waals surface area (Å²) in [4.78, 5) is 26.5. The molecule has 0 aliphatic carbocycles. The second kappa shape index (κ2) is 9.21. The molecule has 1 heterocycles. The molecule has 0 aromatic heterocycles. The quantitative estimate of drug-likeness (QED) is 0.781. The van der Waals surface area contributed by atoms with Gasteiger partial charge in [-0.15, -0.1) is 0 Å². The fraction of sp³-hybridized carbons (Fsp3) is 0.364. The van der Waals surface area contributed by atoms with E-state index in [-0.39, 0.29) is 24.2 Å². The Morgan fingerprint density at radius 2 is 1.89 bits per heavy atom. The number of ether oxygens (including phenoxy) is 1. The standard InChI is InChI=1S/C22H26N2O3/c1-2-14-27-20-10-8-19(9-11-20)24-16-18(15-21(24)25)22(26)23-13-12-17-6-4-3-5-7-17/h3-11,18H,2,12-16H2,1H3,(H,23,26)/t18-/m0/s1. The van der Waals surface area contributed by atoms with Crippen LogP contribution in [0.3, 0.4) is 0 Å². The van der Waals surface area contributed by atoms with Crippen LogP contribution in [0.1, 0.15) is 25.3 Å². The lowest BCUT2D eigenvalue weighted by atomic mass is 10.1. The van der Waals surface area contributed by atoms with E-state index < -0.39 is 0 Å². The first-order valence-electron chi connectivity index (χ1n) is 9.52. The van der Waals surface area contributed by atoms with Crippen LogP contribution in [0, 0.1) is 5.92 Å². The molecular formula is C22H26N2O3. The molecule has 1 N–H and O–H groups in total. The molecule has 2 aromatic carbocycles. The number of carbonyl (C=O) groups is 2. The molecule has 1 aliphatic heterocycles. The molecule has 2 aromatic rings. The highest BCUT2D eigenvalue weighted by atomic mass is 16.5. The van der Waals surface area contributed by atoms with Gasteiger partial charge in [-0.2, -0.15) is 0 Å². The van der Waals surface area contributed by atoms with Crippen LogP contribution in [0.2, 0.25) is 0 Å². The smallest absolute Gasteiger partial charge is 0.227 e. The van der Waals surface area contributed by atoms with Gasteiger partial charge in [-0.25, -0.2) is 0 Å². The highest BCUT2D eigenvalue weighted by Gasteiger charge is 2.34. The second-order valence-corrected chi connectivity index (χ2v) is 6.77. The van der Waals surface area contributed by atoms with Crippen LogP contribution in [0.25, 0.3) is 0 Å². The van der Waals surface area contributed by atoms with Crippen molar-refractivity contribution < 1.29 is 14.3 Å². The number of amides is 2. The van der Waals surface area contributed by atoms with E-state index in [1.54, 1.807) is 4.90 Å². The lowest BCUT2D eigenvalue weighted by Crippen LogP contribution is -2.34. The predicted octanol–water partition coefficient (Wildman–Crippen LogP) is 3.19. The molecule has 5 heteroatoms. The fourth-order valence-corrected chi connectivity index (χ4v) is 3.19. The Kier molecular flexibility index (Phi) is 6.47. The monoisotopic (exact) mass is 366 g/mol. The number of nitrogens with zero attached hydrogens (tertiary/aromatic N) is 1. The zero-order chi connectivity index (χ0) is 19.1. The molecule has 3 rings (SSSR count). The van der Waals surface area contributed by atoms with E-state index in [1.165, 1.54) is 5.56 Å². The van der Waals surface area contributed by atoms with Crippen molar-refractivity contribution >= 4 is 17.5 Å². The first-order valence-corrected chi connectivity index (χ1v) is 9.52. The summed E-state index contributed by atoms with van der Waals surface area (Å²) in [6.45, 7) is 3.73. The van der Waals surface area contributed by atoms with Crippen LogP contribution in [0.4, 0.5) is 5.69 Å². The van der Waals surface area contributed by atoms with Gasteiger partial charge in [-0.3, -0.25) is 9.59 Å². The second-order valence-electron chi connectivity index (χ2n) is 6.77. The molecular weight excluding hydrogens is 340 g/mol. The third kappa shape index (κ3) is 5.09. The lowest BCUT2D eigenvalue weighted by Gasteiger charge is -2.17. The number of carbonyl (C=O) groups excluding carboxylic acids is 2. The minimum absolute atomic E-state index is 0.0135. The molecule has 142 valence electrons. The third-order valence-electron chi connectivity index (χ3n) is 4.67. The molecule has 0 bridgehead atoms. The van der Waals surface area contributed by atoms with Gasteiger partial charge in [0, 0.05) is 25.2 Å². The summed E-state index contributed by atoms with van der Waals surface area (Å²) in [5.74, 6) is 0.428. The summed E-state index contributed by atoms with van der Waals surface area (Å²) in [7, 11) is 0. The topological polar surface area (TPSA) is 58.6 Å². The predicted molar refractivity (Wildman–Crippen MR) is 106 cm³/mol. The Labute approximate surface area is 160 Å². The summed E-state index contributed by atoms with van der Waals surface area (Å²) in [5.41, 5.74) is 2.00. The van der Waals surface area contributed by atoms with Gasteiger partial charge < -0.3 is 15.0 Å². The molecule has 1 atom stereocenters. The summed E-state index contributed by atoms with van der Waals surface area (Å²) in [6.07, 6.45) is 1.99. The number of benzene rings is 2. The van der Waals surface area contributed by atoms with E-state index >= 15 is 0 Å². The van der Waals surface area contributed by atoms with Crippen LogP contribution >= 0.6 is 0 Å². The maximum absolute atomic E-state index is 12.4. The zero-order valence-electron chi connectivity index (χ0n) is 15.7. The van der Waals surface area contributed by atoms with Crippen molar-refractivity contribution in [1.82, 2.24) is 5.32 Å². The van der Waals surface area contributed by atoms with E-state index in [0.29, 0.717) is 19.7 Å². The minimum atomic E-state index is -0.302. The Morgan fingerprint density at radius 1 is 1.15 bits per heavy atom. The molecule has 0 saturated carbocycles. The zero-order valence-corrected chi connectivity index (χ0v) is 15.7. The van der Waals surface area contributed by atoms with Crippen LogP contribution in [0.15, 0.2) is 54.6 Å². The third-order valence-corrected chi connectivity index (χ3v) is 4.67. The van der Waals surface area contributed by atoms with Crippen molar-refractivity contribution in [3.05, 3.63) is 60.2 Å². The molecule has 5 nitrogen and oxygen atoms in total. The van der Waals surface area contributed by atoms with Crippen molar-refractivity contribution in [2.45, 2.75) is 26.2 Å². The Balaban J connectivity index is 1.51. The van der Waals surface area contributed by atoms with Gasteiger partial charge in [0.1, 0.15) is 5.75 Å². The first kappa shape index (κ1) is 19.0. The molecule has 2 amide bonds. The SMILES string of the molecule is CCCOc1ccc(N2C[C@@H](C(=O)NCCc3ccccc3)CC2=O)cc1. The molecule has 1 saturated heterocycles. The lowest BCUT2D eigenvalue weighted by molar-refractivity contribution is -0.126. The minimum Gasteiger partial charge on any atom is -0.494 e. The Bertz CT molecular complexity index is 759. The normalized spacial score (nSPS) is 16.4. The van der Waals surface area contributed by atoms with Gasteiger partial charge >= 0.3 is 0 Å². The molecule has 1 fully saturated rings. The van der Waals surface area contributed by atoms with Crippen LogP contribution in [-0.4, -0.2) is 31.5 Å². The first-order chi connectivity index (χ1) is 13.2. The molecule has 1 aliphatic rings. The number of rotatable bonds is 8. The molecule has 0 unspecified atom stereocenters. The number of nitrogens with one attached hydrogen (secondary N) is 1. The molecule has 27 heavy (non-hydrogen) atoms. The van der Waals surface area contributed by atoms with Gasteiger partial charge in [0.2, 0.25) is 11.8 Å². The average Bonchev–Trinajstić information content (AvgIpc) is 3.09. The largest absolute Gasteiger partial charge is 0.494 e. The molecule has 0 radical (unpaired) electrons. The fourth-order valence-electron chi connectivity index (χ4n) is 3.19.